The van der Waals surface area contributed by atoms with Gasteiger partial charge in [0, 0.05) is 18.0 Å². The van der Waals surface area contributed by atoms with E-state index >= 15 is 0 Å². The number of pyridine rings is 1. The quantitative estimate of drug-likeness (QED) is 0.794. The van der Waals surface area contributed by atoms with Gasteiger partial charge >= 0.3 is 0 Å². The van der Waals surface area contributed by atoms with Crippen LogP contribution in [0.5, 0.6) is 5.75 Å². The van der Waals surface area contributed by atoms with Crippen LogP contribution in [0.15, 0.2) is 48.8 Å². The Morgan fingerprint density at radius 3 is 2.67 bits per heavy atom. The lowest BCUT2D eigenvalue weighted by Crippen LogP contribution is -2.05. The van der Waals surface area contributed by atoms with Crippen LogP contribution < -0.4 is 10.5 Å². The molecule has 0 fully saturated rings. The number of benzene rings is 1. The third kappa shape index (κ3) is 2.43. The Morgan fingerprint density at radius 1 is 1.14 bits per heavy atom. The number of para-hydroxylation sites is 2. The Balaban J connectivity index is 2.08. The summed E-state index contributed by atoms with van der Waals surface area (Å²) in [6, 6.07) is 11.3. The first kappa shape index (κ1) is 13.1. The molecule has 2 aromatic heterocycles. The Morgan fingerprint density at radius 2 is 1.90 bits per heavy atom. The first-order valence-electron chi connectivity index (χ1n) is 6.65. The molecule has 0 radical (unpaired) electrons. The second kappa shape index (κ2) is 5.62. The van der Waals surface area contributed by atoms with Crippen molar-refractivity contribution in [1.29, 1.82) is 0 Å². The molecule has 0 saturated carbocycles. The molecule has 0 bridgehead atoms. The van der Waals surface area contributed by atoms with Crippen LogP contribution in [0.25, 0.3) is 16.9 Å². The average Bonchev–Trinajstić information content (AvgIpc) is 2.91. The van der Waals surface area contributed by atoms with E-state index in [-0.39, 0.29) is 0 Å². The predicted octanol–water partition coefficient (Wildman–Crippen LogP) is 2.31. The Hall–Kier alpha value is -2.89. The number of hydrogen-bond acceptors (Lipinski definition) is 5. The topological polar surface area (TPSA) is 78.8 Å². The second-order valence-electron chi connectivity index (χ2n) is 4.37. The summed E-state index contributed by atoms with van der Waals surface area (Å²) in [6.07, 6.45) is 3.39. The van der Waals surface area contributed by atoms with Gasteiger partial charge < -0.3 is 10.5 Å². The third-order valence-electron chi connectivity index (χ3n) is 3.05. The summed E-state index contributed by atoms with van der Waals surface area (Å²) in [5, 5.41) is 8.31. The van der Waals surface area contributed by atoms with Crippen molar-refractivity contribution in [2.24, 2.45) is 0 Å². The number of nitrogen functional groups attached to an aromatic ring is 1. The molecule has 0 unspecified atom stereocenters. The van der Waals surface area contributed by atoms with Gasteiger partial charge in [0.15, 0.2) is 5.82 Å². The van der Waals surface area contributed by atoms with E-state index in [2.05, 4.69) is 15.3 Å². The van der Waals surface area contributed by atoms with Crippen molar-refractivity contribution in [3.63, 3.8) is 0 Å². The highest BCUT2D eigenvalue weighted by atomic mass is 16.5. The van der Waals surface area contributed by atoms with Crippen LogP contribution in [0.4, 0.5) is 5.82 Å². The summed E-state index contributed by atoms with van der Waals surface area (Å²) in [5.41, 5.74) is 8.47. The number of ether oxygens (including phenoxy) is 1. The smallest absolute Gasteiger partial charge is 0.156 e. The van der Waals surface area contributed by atoms with E-state index in [0.717, 1.165) is 17.0 Å². The minimum absolute atomic E-state index is 0.466. The molecule has 6 nitrogen and oxygen atoms in total. The molecule has 3 rings (SSSR count). The Bertz CT molecular complexity index is 739. The standard InChI is InChI=1S/C15H15N5O/c1-2-21-13-6-4-3-5-12(13)20-15(16)14(18-19-20)11-7-9-17-10-8-11/h3-10H,2,16H2,1H3. The van der Waals surface area contributed by atoms with Gasteiger partial charge in [-0.3, -0.25) is 4.98 Å². The second-order valence-corrected chi connectivity index (χ2v) is 4.37. The van der Waals surface area contributed by atoms with Gasteiger partial charge in [0.05, 0.1) is 6.61 Å². The number of hydrogen-bond donors (Lipinski definition) is 1. The number of rotatable bonds is 4. The van der Waals surface area contributed by atoms with Crippen LogP contribution in [0.3, 0.4) is 0 Å². The van der Waals surface area contributed by atoms with E-state index < -0.39 is 0 Å². The maximum atomic E-state index is 6.19. The maximum Gasteiger partial charge on any atom is 0.156 e. The van der Waals surface area contributed by atoms with Gasteiger partial charge in [-0.1, -0.05) is 17.3 Å². The fourth-order valence-electron chi connectivity index (χ4n) is 2.09. The Kier molecular flexibility index (Phi) is 3.51. The normalized spacial score (nSPS) is 10.5. The average molecular weight is 281 g/mol. The molecular formula is C15H15N5O. The third-order valence-corrected chi connectivity index (χ3v) is 3.05. The predicted molar refractivity (Wildman–Crippen MR) is 80.2 cm³/mol. The molecule has 3 aromatic rings. The van der Waals surface area contributed by atoms with Crippen molar-refractivity contribution >= 4 is 5.82 Å². The fourth-order valence-corrected chi connectivity index (χ4v) is 2.09. The summed E-state index contributed by atoms with van der Waals surface area (Å²) >= 11 is 0. The van der Waals surface area contributed by atoms with Crippen LogP contribution in [-0.4, -0.2) is 26.6 Å². The molecule has 2 N–H and O–H groups in total. The van der Waals surface area contributed by atoms with Crippen molar-refractivity contribution in [2.45, 2.75) is 6.92 Å². The van der Waals surface area contributed by atoms with Crippen LogP contribution in [0.1, 0.15) is 6.92 Å². The largest absolute Gasteiger partial charge is 0.492 e. The lowest BCUT2D eigenvalue weighted by Gasteiger charge is -2.10. The molecule has 0 amide bonds. The van der Waals surface area contributed by atoms with E-state index in [9.17, 15) is 0 Å². The number of nitrogens with zero attached hydrogens (tertiary/aromatic N) is 4. The van der Waals surface area contributed by atoms with E-state index in [1.54, 1.807) is 17.1 Å². The van der Waals surface area contributed by atoms with Crippen molar-refractivity contribution in [1.82, 2.24) is 20.0 Å². The zero-order valence-electron chi connectivity index (χ0n) is 11.6. The van der Waals surface area contributed by atoms with Gasteiger partial charge in [-0.25, -0.2) is 0 Å². The molecule has 0 aliphatic rings. The highest BCUT2D eigenvalue weighted by Gasteiger charge is 2.15. The monoisotopic (exact) mass is 281 g/mol. The van der Waals surface area contributed by atoms with Gasteiger partial charge in [-0.15, -0.1) is 5.10 Å². The molecule has 0 saturated heterocycles. The molecule has 0 spiro atoms. The molecule has 106 valence electrons. The number of aromatic nitrogens is 4. The first-order chi connectivity index (χ1) is 10.3. The molecule has 0 aliphatic heterocycles. The fraction of sp³-hybridized carbons (Fsp3) is 0.133. The summed E-state index contributed by atoms with van der Waals surface area (Å²) in [7, 11) is 0. The maximum absolute atomic E-state index is 6.19. The summed E-state index contributed by atoms with van der Waals surface area (Å²) < 4.78 is 7.19. The van der Waals surface area contributed by atoms with Gasteiger partial charge in [-0.2, -0.15) is 4.68 Å². The molecule has 1 aromatic carbocycles. The highest BCUT2D eigenvalue weighted by Crippen LogP contribution is 2.28. The van der Waals surface area contributed by atoms with E-state index in [4.69, 9.17) is 10.5 Å². The SMILES string of the molecule is CCOc1ccccc1-n1nnc(-c2ccncc2)c1N. The van der Waals surface area contributed by atoms with Gasteiger partial charge in [0.1, 0.15) is 17.1 Å². The van der Waals surface area contributed by atoms with Crippen molar-refractivity contribution in [3.8, 4) is 22.7 Å². The highest BCUT2D eigenvalue weighted by molar-refractivity contribution is 5.71. The zero-order chi connectivity index (χ0) is 14.7. The van der Waals surface area contributed by atoms with Crippen LogP contribution >= 0.6 is 0 Å². The van der Waals surface area contributed by atoms with Gasteiger partial charge in [-0.05, 0) is 31.2 Å². The molecule has 21 heavy (non-hydrogen) atoms. The molecule has 6 heteroatoms. The first-order valence-corrected chi connectivity index (χ1v) is 6.65. The van der Waals surface area contributed by atoms with Gasteiger partial charge in [0.2, 0.25) is 0 Å². The summed E-state index contributed by atoms with van der Waals surface area (Å²) in [5.74, 6) is 1.19. The van der Waals surface area contributed by atoms with Crippen molar-refractivity contribution in [2.75, 3.05) is 12.3 Å². The van der Waals surface area contributed by atoms with Crippen LogP contribution in [0, 0.1) is 0 Å². The molecule has 2 heterocycles. The zero-order valence-corrected chi connectivity index (χ0v) is 11.6. The van der Waals surface area contributed by atoms with E-state index in [1.807, 2.05) is 43.3 Å². The molecular weight excluding hydrogens is 266 g/mol. The summed E-state index contributed by atoms with van der Waals surface area (Å²) in [6.45, 7) is 2.51. The lowest BCUT2D eigenvalue weighted by molar-refractivity contribution is 0.338. The summed E-state index contributed by atoms with van der Waals surface area (Å²) in [4.78, 5) is 3.99. The minimum Gasteiger partial charge on any atom is -0.492 e. The van der Waals surface area contributed by atoms with Crippen LogP contribution in [0.2, 0.25) is 0 Å². The number of nitrogens with two attached hydrogens (primary N) is 1. The minimum atomic E-state index is 0.466. The molecule has 0 atom stereocenters. The van der Waals surface area contributed by atoms with E-state index in [1.165, 1.54) is 0 Å². The van der Waals surface area contributed by atoms with Crippen molar-refractivity contribution < 1.29 is 4.74 Å². The van der Waals surface area contributed by atoms with Crippen LogP contribution in [-0.2, 0) is 0 Å². The lowest BCUT2D eigenvalue weighted by atomic mass is 10.2. The van der Waals surface area contributed by atoms with E-state index in [0.29, 0.717) is 18.1 Å². The number of anilines is 1. The molecule has 0 aliphatic carbocycles. The van der Waals surface area contributed by atoms with Gasteiger partial charge in [0.25, 0.3) is 0 Å². The Labute approximate surface area is 122 Å². The van der Waals surface area contributed by atoms with Crippen molar-refractivity contribution in [3.05, 3.63) is 48.8 Å².